The normalized spacial score (nSPS) is 16.4. The van der Waals surface area contributed by atoms with Crippen LogP contribution in [0.15, 0.2) is 41.5 Å². The van der Waals surface area contributed by atoms with Gasteiger partial charge in [-0.2, -0.15) is 5.10 Å². The van der Waals surface area contributed by atoms with Crippen molar-refractivity contribution in [3.8, 4) is 11.3 Å². The number of aromatic amines is 1. The number of hydrogen-bond donors (Lipinski definition) is 1. The highest BCUT2D eigenvalue weighted by molar-refractivity contribution is 5.76. The minimum Gasteiger partial charge on any atom is -0.340 e. The summed E-state index contributed by atoms with van der Waals surface area (Å²) in [6.07, 6.45) is 1.25. The van der Waals surface area contributed by atoms with Crippen LogP contribution in [0, 0.1) is 6.92 Å². The first-order valence-electron chi connectivity index (χ1n) is 9.52. The van der Waals surface area contributed by atoms with Crippen molar-refractivity contribution in [1.29, 1.82) is 0 Å². The van der Waals surface area contributed by atoms with Gasteiger partial charge in [0.1, 0.15) is 18.1 Å². The van der Waals surface area contributed by atoms with Crippen molar-refractivity contribution < 1.29 is 13.6 Å². The summed E-state index contributed by atoms with van der Waals surface area (Å²) in [6, 6.07) is 6.29. The molecule has 4 rings (SSSR count). The third-order valence-electron chi connectivity index (χ3n) is 5.15. The van der Waals surface area contributed by atoms with Gasteiger partial charge in [0.25, 0.3) is 12.0 Å². The standard InChI is InChI=1S/C20H20F2N6O2/c1-12-7-16(19(21)22)26-28(12)11-18(30)27-6-4-14(10-27)20-24-15(8-17(29)25-20)13-3-2-5-23-9-13/h2-3,5,7-9,14,19H,4,6,10-11H2,1H3,(H,24,25,29). The number of carbonyl (C=O) groups excluding carboxylic acids is 1. The maximum absolute atomic E-state index is 12.8. The number of aryl methyl sites for hydroxylation is 1. The van der Waals surface area contributed by atoms with Gasteiger partial charge in [-0.25, -0.2) is 13.8 Å². The molecule has 1 atom stereocenters. The minimum absolute atomic E-state index is 0.106. The van der Waals surface area contributed by atoms with E-state index in [9.17, 15) is 18.4 Å². The molecule has 1 saturated heterocycles. The van der Waals surface area contributed by atoms with E-state index in [0.717, 1.165) is 5.56 Å². The molecule has 1 N–H and O–H groups in total. The second-order valence-corrected chi connectivity index (χ2v) is 7.25. The van der Waals surface area contributed by atoms with Crippen LogP contribution in [0.1, 0.15) is 36.0 Å². The number of hydrogen-bond acceptors (Lipinski definition) is 5. The van der Waals surface area contributed by atoms with E-state index in [1.165, 1.54) is 16.8 Å². The Morgan fingerprint density at radius 2 is 2.20 bits per heavy atom. The lowest BCUT2D eigenvalue weighted by Gasteiger charge is -2.17. The van der Waals surface area contributed by atoms with Crippen LogP contribution in [-0.2, 0) is 11.3 Å². The lowest BCUT2D eigenvalue weighted by molar-refractivity contribution is -0.131. The molecule has 3 aromatic rings. The van der Waals surface area contributed by atoms with E-state index in [-0.39, 0.29) is 29.6 Å². The van der Waals surface area contributed by atoms with Crippen LogP contribution in [0.3, 0.4) is 0 Å². The number of nitrogens with zero attached hydrogens (tertiary/aromatic N) is 5. The number of likely N-dealkylation sites (tertiary alicyclic amines) is 1. The van der Waals surface area contributed by atoms with Gasteiger partial charge in [-0.3, -0.25) is 19.3 Å². The third kappa shape index (κ3) is 4.12. The molecule has 1 amide bonds. The molecular formula is C20H20F2N6O2. The average molecular weight is 414 g/mol. The summed E-state index contributed by atoms with van der Waals surface area (Å²) in [7, 11) is 0. The number of nitrogens with one attached hydrogen (secondary N) is 1. The fourth-order valence-corrected chi connectivity index (χ4v) is 3.57. The fraction of sp³-hybridized carbons (Fsp3) is 0.350. The van der Waals surface area contributed by atoms with Gasteiger partial charge in [0.05, 0.1) is 5.69 Å². The number of aromatic nitrogens is 5. The first-order valence-corrected chi connectivity index (χ1v) is 9.52. The van der Waals surface area contributed by atoms with Crippen LogP contribution in [0.2, 0.25) is 0 Å². The minimum atomic E-state index is -2.67. The van der Waals surface area contributed by atoms with Crippen LogP contribution < -0.4 is 5.56 Å². The molecule has 0 bridgehead atoms. The highest BCUT2D eigenvalue weighted by atomic mass is 19.3. The lowest BCUT2D eigenvalue weighted by atomic mass is 10.1. The maximum Gasteiger partial charge on any atom is 0.282 e. The molecule has 156 valence electrons. The van der Waals surface area contributed by atoms with Crippen molar-refractivity contribution in [2.75, 3.05) is 13.1 Å². The summed E-state index contributed by atoms with van der Waals surface area (Å²) in [5, 5.41) is 3.81. The second kappa shape index (κ2) is 8.13. The SMILES string of the molecule is Cc1cc(C(F)F)nn1CC(=O)N1CCC(c2nc(-c3cccnc3)cc(=O)[nH]2)C1. The first-order chi connectivity index (χ1) is 14.4. The molecule has 1 fully saturated rings. The van der Waals surface area contributed by atoms with Crippen LogP contribution >= 0.6 is 0 Å². The van der Waals surface area contributed by atoms with Gasteiger partial charge in [-0.1, -0.05) is 0 Å². The Balaban J connectivity index is 1.47. The van der Waals surface area contributed by atoms with Crippen molar-refractivity contribution in [1.82, 2.24) is 29.6 Å². The Morgan fingerprint density at radius 1 is 1.37 bits per heavy atom. The predicted molar refractivity (Wildman–Crippen MR) is 104 cm³/mol. The molecule has 1 aliphatic rings. The van der Waals surface area contributed by atoms with Crippen molar-refractivity contribution in [3.63, 3.8) is 0 Å². The molecule has 4 heterocycles. The van der Waals surface area contributed by atoms with Crippen LogP contribution in [0.5, 0.6) is 0 Å². The molecule has 0 radical (unpaired) electrons. The summed E-state index contributed by atoms with van der Waals surface area (Å²) in [5.41, 5.74) is 1.16. The lowest BCUT2D eigenvalue weighted by Crippen LogP contribution is -2.32. The summed E-state index contributed by atoms with van der Waals surface area (Å²) >= 11 is 0. The zero-order chi connectivity index (χ0) is 21.3. The molecule has 0 spiro atoms. The quantitative estimate of drug-likeness (QED) is 0.691. The molecule has 0 saturated carbocycles. The van der Waals surface area contributed by atoms with Gasteiger partial charge in [0.15, 0.2) is 0 Å². The first kappa shape index (κ1) is 19.9. The smallest absolute Gasteiger partial charge is 0.282 e. The predicted octanol–water partition coefficient (Wildman–Crippen LogP) is 2.29. The summed E-state index contributed by atoms with van der Waals surface area (Å²) in [5.74, 6) is 0.191. The molecular weight excluding hydrogens is 394 g/mol. The molecule has 0 aromatic carbocycles. The Labute approximate surface area is 170 Å². The van der Waals surface area contributed by atoms with Gasteiger partial charge < -0.3 is 9.88 Å². The highest BCUT2D eigenvalue weighted by Gasteiger charge is 2.29. The summed E-state index contributed by atoms with van der Waals surface area (Å²) < 4.78 is 26.9. The molecule has 3 aromatic heterocycles. The second-order valence-electron chi connectivity index (χ2n) is 7.25. The fourth-order valence-electron chi connectivity index (χ4n) is 3.57. The number of rotatable bonds is 5. The number of amides is 1. The van der Waals surface area contributed by atoms with E-state index in [0.29, 0.717) is 36.7 Å². The molecule has 1 aliphatic heterocycles. The zero-order valence-corrected chi connectivity index (χ0v) is 16.3. The largest absolute Gasteiger partial charge is 0.340 e. The van der Waals surface area contributed by atoms with E-state index in [1.54, 1.807) is 30.3 Å². The molecule has 8 nitrogen and oxygen atoms in total. The van der Waals surface area contributed by atoms with Crippen LogP contribution in [-0.4, -0.2) is 48.6 Å². The Hall–Kier alpha value is -3.43. The van der Waals surface area contributed by atoms with Crippen molar-refractivity contribution in [2.45, 2.75) is 32.2 Å². The molecule has 30 heavy (non-hydrogen) atoms. The number of alkyl halides is 2. The van der Waals surface area contributed by atoms with Gasteiger partial charge in [0.2, 0.25) is 5.91 Å². The Kier molecular flexibility index (Phi) is 5.39. The molecule has 10 heteroatoms. The topological polar surface area (TPSA) is 96.8 Å². The average Bonchev–Trinajstić information content (AvgIpc) is 3.36. The van der Waals surface area contributed by atoms with Gasteiger partial charge >= 0.3 is 0 Å². The summed E-state index contributed by atoms with van der Waals surface area (Å²) in [6.45, 7) is 2.41. The number of carbonyl (C=O) groups is 1. The molecule has 0 aliphatic carbocycles. The van der Waals surface area contributed by atoms with Gasteiger partial charge in [-0.05, 0) is 31.5 Å². The van der Waals surface area contributed by atoms with E-state index in [2.05, 4.69) is 20.1 Å². The van der Waals surface area contributed by atoms with E-state index in [1.807, 2.05) is 6.07 Å². The Morgan fingerprint density at radius 3 is 2.90 bits per heavy atom. The van der Waals surface area contributed by atoms with Crippen LogP contribution in [0.4, 0.5) is 8.78 Å². The number of halogens is 2. The van der Waals surface area contributed by atoms with Crippen LogP contribution in [0.25, 0.3) is 11.3 Å². The summed E-state index contributed by atoms with van der Waals surface area (Å²) in [4.78, 5) is 37.8. The monoisotopic (exact) mass is 414 g/mol. The number of pyridine rings is 1. The van der Waals surface area contributed by atoms with Crippen molar-refractivity contribution in [2.24, 2.45) is 0 Å². The maximum atomic E-state index is 12.8. The van der Waals surface area contributed by atoms with Gasteiger partial charge in [0, 0.05) is 48.7 Å². The molecule has 1 unspecified atom stereocenters. The van der Waals surface area contributed by atoms with E-state index < -0.39 is 6.43 Å². The zero-order valence-electron chi connectivity index (χ0n) is 16.3. The highest BCUT2D eigenvalue weighted by Crippen LogP contribution is 2.26. The van der Waals surface area contributed by atoms with E-state index >= 15 is 0 Å². The van der Waals surface area contributed by atoms with Gasteiger partial charge in [-0.15, -0.1) is 0 Å². The third-order valence-corrected chi connectivity index (χ3v) is 5.15. The van der Waals surface area contributed by atoms with E-state index in [4.69, 9.17) is 0 Å². The Bertz CT molecular complexity index is 1110. The van der Waals surface area contributed by atoms with Crippen molar-refractivity contribution in [3.05, 3.63) is 64.2 Å². The number of H-pyrrole nitrogens is 1. The van der Waals surface area contributed by atoms with Crippen molar-refractivity contribution >= 4 is 5.91 Å².